The second-order valence-electron chi connectivity index (χ2n) is 9.26. The molecular weight excluding hydrogens is 528 g/mol. The molecule has 1 heterocycles. The van der Waals surface area contributed by atoms with Gasteiger partial charge in [-0.3, -0.25) is 9.59 Å². The first kappa shape index (κ1) is 26.7. The third-order valence-electron chi connectivity index (χ3n) is 6.29. The van der Waals surface area contributed by atoms with Gasteiger partial charge in [0, 0.05) is 5.69 Å². The highest BCUT2D eigenvalue weighted by molar-refractivity contribution is 6.53. The summed E-state index contributed by atoms with van der Waals surface area (Å²) in [7, 11) is 0. The molecule has 4 aromatic rings. The summed E-state index contributed by atoms with van der Waals surface area (Å²) in [5.41, 5.74) is 4.08. The predicted molar refractivity (Wildman–Crippen MR) is 154 cm³/mol. The molecule has 0 aromatic heterocycles. The Morgan fingerprint density at radius 3 is 2.17 bits per heavy atom. The maximum absolute atomic E-state index is 13.1. The van der Waals surface area contributed by atoms with Crippen molar-refractivity contribution in [2.45, 2.75) is 20.5 Å². The number of rotatable bonds is 8. The first-order valence-electron chi connectivity index (χ1n) is 12.5. The van der Waals surface area contributed by atoms with Crippen LogP contribution in [0.25, 0.3) is 0 Å². The van der Waals surface area contributed by atoms with Gasteiger partial charge >= 0.3 is 5.97 Å². The molecule has 40 heavy (non-hydrogen) atoms. The number of benzene rings is 4. The molecule has 0 unspecified atom stereocenters. The maximum Gasteiger partial charge on any atom is 0.343 e. The number of aryl methyl sites for hydroxylation is 2. The van der Waals surface area contributed by atoms with Gasteiger partial charge < -0.3 is 14.8 Å². The monoisotopic (exact) mass is 552 g/mol. The Balaban J connectivity index is 1.20. The van der Waals surface area contributed by atoms with Gasteiger partial charge in [0.2, 0.25) is 0 Å². The van der Waals surface area contributed by atoms with Crippen LogP contribution in [0.4, 0.5) is 11.4 Å². The third kappa shape index (κ3) is 5.75. The molecule has 2 amide bonds. The van der Waals surface area contributed by atoms with Crippen LogP contribution < -0.4 is 19.7 Å². The first-order chi connectivity index (χ1) is 19.3. The normalized spacial score (nSPS) is 13.0. The molecule has 5 rings (SSSR count). The molecule has 0 spiro atoms. The van der Waals surface area contributed by atoms with Gasteiger partial charge in [-0.05, 0) is 79.6 Å². The molecule has 0 saturated heterocycles. The summed E-state index contributed by atoms with van der Waals surface area (Å²) in [6.07, 6.45) is 0. The smallest absolute Gasteiger partial charge is 0.343 e. The molecule has 0 atom stereocenters. The molecule has 0 radical (unpaired) electrons. The summed E-state index contributed by atoms with van der Waals surface area (Å²) in [5, 5.41) is 2.71. The number of carbonyl (C=O) groups is 3. The van der Waals surface area contributed by atoms with E-state index >= 15 is 0 Å². The van der Waals surface area contributed by atoms with Crippen molar-refractivity contribution in [3.8, 4) is 11.5 Å². The zero-order chi connectivity index (χ0) is 28.2. The van der Waals surface area contributed by atoms with Crippen LogP contribution in [0, 0.1) is 13.8 Å². The van der Waals surface area contributed by atoms with Crippen LogP contribution in [0.5, 0.6) is 11.5 Å². The molecule has 8 heteroatoms. The minimum absolute atomic E-state index is 0.0310. The van der Waals surface area contributed by atoms with Gasteiger partial charge in [0.05, 0.1) is 11.3 Å². The van der Waals surface area contributed by atoms with Crippen molar-refractivity contribution in [2.75, 3.05) is 10.2 Å². The molecule has 0 aliphatic carbocycles. The molecule has 4 aromatic carbocycles. The fourth-order valence-electron chi connectivity index (χ4n) is 4.23. The van der Waals surface area contributed by atoms with Crippen LogP contribution in [-0.4, -0.2) is 17.8 Å². The SMILES string of the molecule is Cc1ccc(N2C(=O)C(Cl)=C(Nc3ccc(C(=O)Oc4ccc(OCc5ccccc5)cc4)cc3)C2=O)c(C)c1. The summed E-state index contributed by atoms with van der Waals surface area (Å²) in [6.45, 7) is 4.20. The van der Waals surface area contributed by atoms with E-state index in [1.54, 1.807) is 54.6 Å². The fraction of sp³-hybridized carbons (Fsp3) is 0.0938. The van der Waals surface area contributed by atoms with Crippen molar-refractivity contribution in [3.63, 3.8) is 0 Å². The number of carbonyl (C=O) groups excluding carboxylic acids is 3. The summed E-state index contributed by atoms with van der Waals surface area (Å²) in [5.74, 6) is -0.671. The quantitative estimate of drug-likeness (QED) is 0.152. The molecule has 7 nitrogen and oxygen atoms in total. The van der Waals surface area contributed by atoms with Gasteiger partial charge in [0.1, 0.15) is 28.8 Å². The van der Waals surface area contributed by atoms with Crippen LogP contribution in [0.1, 0.15) is 27.0 Å². The van der Waals surface area contributed by atoms with E-state index in [4.69, 9.17) is 21.1 Å². The number of hydrogen-bond donors (Lipinski definition) is 1. The molecule has 1 aliphatic heterocycles. The summed E-state index contributed by atoms with van der Waals surface area (Å²) in [4.78, 5) is 39.6. The molecule has 200 valence electrons. The van der Waals surface area contributed by atoms with E-state index in [0.717, 1.165) is 21.6 Å². The van der Waals surface area contributed by atoms with E-state index in [2.05, 4.69) is 5.32 Å². The van der Waals surface area contributed by atoms with Crippen molar-refractivity contribution >= 4 is 40.8 Å². The van der Waals surface area contributed by atoms with E-state index < -0.39 is 17.8 Å². The topological polar surface area (TPSA) is 84.9 Å². The molecule has 0 saturated carbocycles. The van der Waals surface area contributed by atoms with Crippen LogP contribution in [0.2, 0.25) is 0 Å². The Kier molecular flexibility index (Phi) is 7.66. The second kappa shape index (κ2) is 11.5. The number of hydrogen-bond acceptors (Lipinski definition) is 6. The van der Waals surface area contributed by atoms with Crippen LogP contribution in [-0.2, 0) is 16.2 Å². The van der Waals surface area contributed by atoms with Crippen molar-refractivity contribution < 1.29 is 23.9 Å². The predicted octanol–water partition coefficient (Wildman–Crippen LogP) is 6.54. The average molecular weight is 553 g/mol. The van der Waals surface area contributed by atoms with E-state index in [1.165, 1.54) is 0 Å². The summed E-state index contributed by atoms with van der Waals surface area (Å²) >= 11 is 6.26. The van der Waals surface area contributed by atoms with Gasteiger partial charge in [0.25, 0.3) is 11.8 Å². The van der Waals surface area contributed by atoms with Crippen LogP contribution >= 0.6 is 11.6 Å². The van der Waals surface area contributed by atoms with Crippen LogP contribution in [0.15, 0.2) is 108 Å². The van der Waals surface area contributed by atoms with E-state index in [-0.39, 0.29) is 10.7 Å². The summed E-state index contributed by atoms with van der Waals surface area (Å²) in [6, 6.07) is 28.4. The van der Waals surface area contributed by atoms with E-state index in [0.29, 0.717) is 35.0 Å². The lowest BCUT2D eigenvalue weighted by Crippen LogP contribution is -2.32. The van der Waals surface area contributed by atoms with Gasteiger partial charge in [-0.25, -0.2) is 9.69 Å². The highest BCUT2D eigenvalue weighted by atomic mass is 35.5. The van der Waals surface area contributed by atoms with Crippen LogP contribution in [0.3, 0.4) is 0 Å². The minimum atomic E-state index is -0.599. The number of nitrogens with one attached hydrogen (secondary N) is 1. The Morgan fingerprint density at radius 1 is 0.825 bits per heavy atom. The highest BCUT2D eigenvalue weighted by Gasteiger charge is 2.39. The zero-order valence-electron chi connectivity index (χ0n) is 21.8. The number of halogens is 1. The van der Waals surface area contributed by atoms with Crippen molar-refractivity contribution in [1.82, 2.24) is 0 Å². The van der Waals surface area contributed by atoms with Crippen molar-refractivity contribution in [1.29, 1.82) is 0 Å². The van der Waals surface area contributed by atoms with Gasteiger partial charge in [-0.1, -0.05) is 59.6 Å². The molecule has 1 aliphatic rings. The molecule has 0 bridgehead atoms. The lowest BCUT2D eigenvalue weighted by atomic mass is 10.1. The fourth-order valence-corrected chi connectivity index (χ4v) is 4.44. The standard InChI is InChI=1S/C32H25ClN2O5/c1-20-8-17-27(21(2)18-20)35-30(36)28(33)29(31(35)37)34-24-11-9-23(10-12-24)32(38)40-26-15-13-25(14-16-26)39-19-22-6-4-3-5-7-22/h3-18,34H,19H2,1-2H3. The van der Waals surface area contributed by atoms with Crippen molar-refractivity contribution in [3.05, 3.63) is 130 Å². The number of imide groups is 1. The number of amides is 2. The number of esters is 1. The number of nitrogens with zero attached hydrogens (tertiary/aromatic N) is 1. The molecule has 1 N–H and O–H groups in total. The summed E-state index contributed by atoms with van der Waals surface area (Å²) < 4.78 is 11.2. The number of ether oxygens (including phenoxy) is 2. The van der Waals surface area contributed by atoms with Gasteiger partial charge in [-0.2, -0.15) is 0 Å². The largest absolute Gasteiger partial charge is 0.489 e. The Morgan fingerprint density at radius 2 is 1.50 bits per heavy atom. The van der Waals surface area contributed by atoms with Crippen molar-refractivity contribution in [2.24, 2.45) is 0 Å². The Hall–Kier alpha value is -4.88. The lowest BCUT2D eigenvalue weighted by molar-refractivity contribution is -0.120. The van der Waals surface area contributed by atoms with Gasteiger partial charge in [-0.15, -0.1) is 0 Å². The minimum Gasteiger partial charge on any atom is -0.489 e. The first-order valence-corrected chi connectivity index (χ1v) is 12.9. The highest BCUT2D eigenvalue weighted by Crippen LogP contribution is 2.32. The lowest BCUT2D eigenvalue weighted by Gasteiger charge is -2.18. The second-order valence-corrected chi connectivity index (χ2v) is 9.64. The molecular formula is C32H25ClN2O5. The average Bonchev–Trinajstić information content (AvgIpc) is 3.16. The van der Waals surface area contributed by atoms with E-state index in [1.807, 2.05) is 56.3 Å². The number of anilines is 2. The maximum atomic E-state index is 13.1. The zero-order valence-corrected chi connectivity index (χ0v) is 22.6. The van der Waals surface area contributed by atoms with Gasteiger partial charge in [0.15, 0.2) is 0 Å². The Labute approximate surface area is 236 Å². The Bertz CT molecular complexity index is 1610. The molecule has 0 fully saturated rings. The third-order valence-corrected chi connectivity index (χ3v) is 6.64. The van der Waals surface area contributed by atoms with E-state index in [9.17, 15) is 14.4 Å².